The molecular weight excluding hydrogens is 180 g/mol. The normalized spacial score (nSPS) is 10.2. The van der Waals surface area contributed by atoms with Crippen molar-refractivity contribution in [3.63, 3.8) is 0 Å². The van der Waals surface area contributed by atoms with Gasteiger partial charge in [-0.05, 0) is 18.1 Å². The Labute approximate surface area is 83.0 Å². The standard InChI is InChI=1S/C10H14N2O2/c1-7(2)9-5-3-4-8(12-9)6-11-10(13)14/h3-5,7,11H,6H2,1-2H3,(H,13,14). The van der Waals surface area contributed by atoms with Crippen LogP contribution in [0.2, 0.25) is 0 Å². The number of pyridine rings is 1. The summed E-state index contributed by atoms with van der Waals surface area (Å²) in [6.45, 7) is 4.36. The van der Waals surface area contributed by atoms with Gasteiger partial charge in [0.15, 0.2) is 0 Å². The topological polar surface area (TPSA) is 62.2 Å². The molecule has 2 N–H and O–H groups in total. The molecule has 0 saturated carbocycles. The van der Waals surface area contributed by atoms with E-state index in [2.05, 4.69) is 24.1 Å². The highest BCUT2D eigenvalue weighted by molar-refractivity contribution is 5.64. The summed E-state index contributed by atoms with van der Waals surface area (Å²) in [6.07, 6.45) is -1.03. The molecule has 1 heterocycles. The second-order valence-corrected chi connectivity index (χ2v) is 3.37. The first-order valence-electron chi connectivity index (χ1n) is 4.52. The molecule has 14 heavy (non-hydrogen) atoms. The first-order valence-corrected chi connectivity index (χ1v) is 4.52. The van der Waals surface area contributed by atoms with Crippen LogP contribution < -0.4 is 5.32 Å². The van der Waals surface area contributed by atoms with Gasteiger partial charge >= 0.3 is 6.09 Å². The van der Waals surface area contributed by atoms with Crippen LogP contribution in [0.4, 0.5) is 4.79 Å². The molecule has 1 aromatic heterocycles. The Morgan fingerprint density at radius 3 is 2.86 bits per heavy atom. The average Bonchev–Trinajstić information content (AvgIpc) is 2.15. The summed E-state index contributed by atoms with van der Waals surface area (Å²) in [6, 6.07) is 5.64. The molecule has 0 aliphatic heterocycles. The van der Waals surface area contributed by atoms with Crippen LogP contribution in [-0.4, -0.2) is 16.2 Å². The molecular formula is C10H14N2O2. The van der Waals surface area contributed by atoms with Gasteiger partial charge in [-0.15, -0.1) is 0 Å². The molecule has 76 valence electrons. The Hall–Kier alpha value is -1.58. The van der Waals surface area contributed by atoms with E-state index in [-0.39, 0.29) is 6.54 Å². The van der Waals surface area contributed by atoms with Crippen LogP contribution in [0.15, 0.2) is 18.2 Å². The predicted molar refractivity (Wildman–Crippen MR) is 53.2 cm³/mol. The molecule has 0 atom stereocenters. The number of carbonyl (C=O) groups is 1. The second kappa shape index (κ2) is 4.60. The first kappa shape index (κ1) is 10.5. The van der Waals surface area contributed by atoms with E-state index >= 15 is 0 Å². The van der Waals surface area contributed by atoms with Crippen LogP contribution in [0, 0.1) is 0 Å². The van der Waals surface area contributed by atoms with Gasteiger partial charge in [0.1, 0.15) is 0 Å². The van der Waals surface area contributed by atoms with Crippen molar-refractivity contribution in [1.82, 2.24) is 10.3 Å². The summed E-state index contributed by atoms with van der Waals surface area (Å²) in [5.41, 5.74) is 1.73. The highest BCUT2D eigenvalue weighted by atomic mass is 16.4. The van der Waals surface area contributed by atoms with Crippen molar-refractivity contribution < 1.29 is 9.90 Å². The maximum atomic E-state index is 10.3. The van der Waals surface area contributed by atoms with Crippen LogP contribution in [0.1, 0.15) is 31.2 Å². The monoisotopic (exact) mass is 194 g/mol. The van der Waals surface area contributed by atoms with E-state index in [1.165, 1.54) is 0 Å². The van der Waals surface area contributed by atoms with E-state index in [0.29, 0.717) is 5.92 Å². The Bertz CT molecular complexity index is 324. The van der Waals surface area contributed by atoms with Crippen LogP contribution in [-0.2, 0) is 6.54 Å². The van der Waals surface area contributed by atoms with Crippen LogP contribution in [0.25, 0.3) is 0 Å². The van der Waals surface area contributed by atoms with E-state index in [1.807, 2.05) is 18.2 Å². The average molecular weight is 194 g/mol. The van der Waals surface area contributed by atoms with E-state index < -0.39 is 6.09 Å². The van der Waals surface area contributed by atoms with Crippen LogP contribution in [0.3, 0.4) is 0 Å². The molecule has 1 rings (SSSR count). The minimum Gasteiger partial charge on any atom is -0.465 e. The number of aromatic nitrogens is 1. The molecule has 0 aliphatic rings. The molecule has 1 amide bonds. The van der Waals surface area contributed by atoms with Gasteiger partial charge in [-0.1, -0.05) is 19.9 Å². The molecule has 0 unspecified atom stereocenters. The summed E-state index contributed by atoms with van der Waals surface area (Å²) < 4.78 is 0. The number of hydrogen-bond acceptors (Lipinski definition) is 2. The highest BCUT2D eigenvalue weighted by Gasteiger charge is 2.02. The largest absolute Gasteiger partial charge is 0.465 e. The fourth-order valence-electron chi connectivity index (χ4n) is 1.08. The van der Waals surface area contributed by atoms with Gasteiger partial charge in [0.2, 0.25) is 0 Å². The summed E-state index contributed by atoms with van der Waals surface area (Å²) >= 11 is 0. The zero-order chi connectivity index (χ0) is 10.6. The number of hydrogen-bond donors (Lipinski definition) is 2. The molecule has 0 saturated heterocycles. The van der Waals surface area contributed by atoms with Gasteiger partial charge in [-0.25, -0.2) is 4.79 Å². The summed E-state index contributed by atoms with van der Waals surface area (Å²) in [5, 5.41) is 10.7. The van der Waals surface area contributed by atoms with Gasteiger partial charge in [-0.3, -0.25) is 4.98 Å². The number of nitrogens with zero attached hydrogens (tertiary/aromatic N) is 1. The van der Waals surface area contributed by atoms with Gasteiger partial charge in [-0.2, -0.15) is 0 Å². The fourth-order valence-corrected chi connectivity index (χ4v) is 1.08. The minimum atomic E-state index is -1.03. The van der Waals surface area contributed by atoms with E-state index in [0.717, 1.165) is 11.4 Å². The van der Waals surface area contributed by atoms with Crippen molar-refractivity contribution in [2.75, 3.05) is 0 Å². The summed E-state index contributed by atoms with van der Waals surface area (Å²) in [7, 11) is 0. The second-order valence-electron chi connectivity index (χ2n) is 3.37. The predicted octanol–water partition coefficient (Wildman–Crippen LogP) is 1.97. The summed E-state index contributed by atoms with van der Waals surface area (Å²) in [5.74, 6) is 0.361. The SMILES string of the molecule is CC(C)c1cccc(CNC(=O)O)n1. The molecule has 0 radical (unpaired) electrons. The van der Waals surface area contributed by atoms with Crippen molar-refractivity contribution in [3.8, 4) is 0 Å². The fraction of sp³-hybridized carbons (Fsp3) is 0.400. The molecule has 4 nitrogen and oxygen atoms in total. The van der Waals surface area contributed by atoms with Gasteiger partial charge < -0.3 is 10.4 Å². The van der Waals surface area contributed by atoms with Crippen molar-refractivity contribution in [1.29, 1.82) is 0 Å². The van der Waals surface area contributed by atoms with Crippen molar-refractivity contribution in [2.45, 2.75) is 26.3 Å². The zero-order valence-corrected chi connectivity index (χ0v) is 8.32. The van der Waals surface area contributed by atoms with Crippen LogP contribution >= 0.6 is 0 Å². The maximum absolute atomic E-state index is 10.3. The minimum absolute atomic E-state index is 0.260. The van der Waals surface area contributed by atoms with Gasteiger partial charge in [0.05, 0.1) is 12.2 Å². The lowest BCUT2D eigenvalue weighted by Crippen LogP contribution is -2.20. The first-order chi connectivity index (χ1) is 6.59. The third-order valence-corrected chi connectivity index (χ3v) is 1.84. The van der Waals surface area contributed by atoms with Gasteiger partial charge in [0, 0.05) is 5.69 Å². The lowest BCUT2D eigenvalue weighted by Gasteiger charge is -2.06. The van der Waals surface area contributed by atoms with Crippen molar-refractivity contribution >= 4 is 6.09 Å². The Morgan fingerprint density at radius 2 is 2.29 bits per heavy atom. The third kappa shape index (κ3) is 3.05. The Balaban J connectivity index is 2.68. The number of carboxylic acid groups (broad SMARTS) is 1. The zero-order valence-electron chi connectivity index (χ0n) is 8.32. The van der Waals surface area contributed by atoms with Crippen LogP contribution in [0.5, 0.6) is 0 Å². The maximum Gasteiger partial charge on any atom is 0.404 e. The number of nitrogens with one attached hydrogen (secondary N) is 1. The highest BCUT2D eigenvalue weighted by Crippen LogP contribution is 2.11. The molecule has 0 aromatic carbocycles. The molecule has 4 heteroatoms. The lowest BCUT2D eigenvalue weighted by molar-refractivity contribution is 0.194. The Morgan fingerprint density at radius 1 is 1.57 bits per heavy atom. The molecule has 0 spiro atoms. The molecule has 1 aromatic rings. The summed E-state index contributed by atoms with van der Waals surface area (Å²) in [4.78, 5) is 14.6. The lowest BCUT2D eigenvalue weighted by atomic mass is 10.1. The van der Waals surface area contributed by atoms with E-state index in [1.54, 1.807) is 0 Å². The van der Waals surface area contributed by atoms with Crippen molar-refractivity contribution in [2.24, 2.45) is 0 Å². The smallest absolute Gasteiger partial charge is 0.404 e. The molecule has 0 aliphatic carbocycles. The van der Waals surface area contributed by atoms with Gasteiger partial charge in [0.25, 0.3) is 0 Å². The third-order valence-electron chi connectivity index (χ3n) is 1.84. The molecule has 0 bridgehead atoms. The quantitative estimate of drug-likeness (QED) is 0.773. The Kier molecular flexibility index (Phi) is 3.45. The molecule has 0 fully saturated rings. The number of rotatable bonds is 3. The van der Waals surface area contributed by atoms with Crippen molar-refractivity contribution in [3.05, 3.63) is 29.6 Å². The number of amides is 1. The van der Waals surface area contributed by atoms with E-state index in [9.17, 15) is 4.79 Å². The van der Waals surface area contributed by atoms with E-state index in [4.69, 9.17) is 5.11 Å².